The molecule has 0 aliphatic carbocycles. The molecule has 96 valence electrons. The summed E-state index contributed by atoms with van der Waals surface area (Å²) >= 11 is 3.25. The first-order chi connectivity index (χ1) is 8.24. The van der Waals surface area contributed by atoms with Gasteiger partial charge in [0.05, 0.1) is 6.61 Å². The second-order valence-electron chi connectivity index (χ2n) is 3.94. The van der Waals surface area contributed by atoms with Crippen molar-refractivity contribution in [2.75, 3.05) is 26.8 Å². The van der Waals surface area contributed by atoms with E-state index in [0.717, 1.165) is 49.0 Å². The van der Waals surface area contributed by atoms with Gasteiger partial charge < -0.3 is 10.1 Å². The Labute approximate surface area is 111 Å². The molecule has 17 heavy (non-hydrogen) atoms. The number of ether oxygens (including phenoxy) is 1. The number of halogens is 2. The van der Waals surface area contributed by atoms with Crippen LogP contribution in [-0.2, 0) is 11.2 Å². The standard InChI is InChI=1S/C13H19BrFNO/c1-17-9-8-16-7-3-2-4-11-5-6-12(14)10-13(11)15/h5-6,10,16H,2-4,7-9H2,1H3. The van der Waals surface area contributed by atoms with Crippen LogP contribution in [0.2, 0.25) is 0 Å². The Morgan fingerprint density at radius 3 is 2.82 bits per heavy atom. The van der Waals surface area contributed by atoms with Crippen molar-refractivity contribution in [2.45, 2.75) is 19.3 Å². The SMILES string of the molecule is COCCNCCCCc1ccc(Br)cc1F. The van der Waals surface area contributed by atoms with Crippen molar-refractivity contribution in [3.63, 3.8) is 0 Å². The second-order valence-corrected chi connectivity index (χ2v) is 4.85. The van der Waals surface area contributed by atoms with Crippen LogP contribution in [-0.4, -0.2) is 26.8 Å². The van der Waals surface area contributed by atoms with E-state index in [-0.39, 0.29) is 5.82 Å². The van der Waals surface area contributed by atoms with Gasteiger partial charge in [0.15, 0.2) is 0 Å². The van der Waals surface area contributed by atoms with Crippen molar-refractivity contribution in [3.05, 3.63) is 34.1 Å². The lowest BCUT2D eigenvalue weighted by Crippen LogP contribution is -2.20. The number of rotatable bonds is 8. The van der Waals surface area contributed by atoms with E-state index in [2.05, 4.69) is 21.2 Å². The average Bonchev–Trinajstić information content (AvgIpc) is 2.30. The van der Waals surface area contributed by atoms with Gasteiger partial charge >= 0.3 is 0 Å². The van der Waals surface area contributed by atoms with Crippen LogP contribution in [0.25, 0.3) is 0 Å². The Kier molecular flexibility index (Phi) is 7.40. The molecule has 0 saturated carbocycles. The van der Waals surface area contributed by atoms with Crippen molar-refractivity contribution in [3.8, 4) is 0 Å². The lowest BCUT2D eigenvalue weighted by Gasteiger charge is -2.05. The van der Waals surface area contributed by atoms with E-state index >= 15 is 0 Å². The number of methoxy groups -OCH3 is 1. The lowest BCUT2D eigenvalue weighted by atomic mass is 10.1. The van der Waals surface area contributed by atoms with E-state index < -0.39 is 0 Å². The van der Waals surface area contributed by atoms with E-state index in [0.29, 0.717) is 0 Å². The van der Waals surface area contributed by atoms with Gasteiger partial charge in [-0.25, -0.2) is 4.39 Å². The summed E-state index contributed by atoms with van der Waals surface area (Å²) in [6.45, 7) is 2.58. The predicted octanol–water partition coefficient (Wildman–Crippen LogP) is 3.15. The van der Waals surface area contributed by atoms with E-state index in [1.165, 1.54) is 6.07 Å². The average molecular weight is 304 g/mol. The van der Waals surface area contributed by atoms with Gasteiger partial charge in [-0.1, -0.05) is 22.0 Å². The third-order valence-corrected chi connectivity index (χ3v) is 3.04. The molecule has 0 unspecified atom stereocenters. The maximum absolute atomic E-state index is 13.5. The van der Waals surface area contributed by atoms with Crippen molar-refractivity contribution in [1.82, 2.24) is 5.32 Å². The van der Waals surface area contributed by atoms with E-state index in [4.69, 9.17) is 4.74 Å². The highest BCUT2D eigenvalue weighted by atomic mass is 79.9. The highest BCUT2D eigenvalue weighted by molar-refractivity contribution is 9.10. The third-order valence-electron chi connectivity index (χ3n) is 2.55. The predicted molar refractivity (Wildman–Crippen MR) is 71.8 cm³/mol. The maximum Gasteiger partial charge on any atom is 0.127 e. The van der Waals surface area contributed by atoms with Crippen molar-refractivity contribution >= 4 is 15.9 Å². The van der Waals surface area contributed by atoms with Crippen LogP contribution >= 0.6 is 15.9 Å². The van der Waals surface area contributed by atoms with Crippen molar-refractivity contribution < 1.29 is 9.13 Å². The summed E-state index contributed by atoms with van der Waals surface area (Å²) in [5.41, 5.74) is 0.796. The molecule has 0 aliphatic rings. The van der Waals surface area contributed by atoms with Crippen LogP contribution in [0.1, 0.15) is 18.4 Å². The highest BCUT2D eigenvalue weighted by Gasteiger charge is 2.02. The van der Waals surface area contributed by atoms with Gasteiger partial charge in [0.25, 0.3) is 0 Å². The molecule has 0 aliphatic heterocycles. The number of hydrogen-bond donors (Lipinski definition) is 1. The Morgan fingerprint density at radius 1 is 1.29 bits per heavy atom. The topological polar surface area (TPSA) is 21.3 Å². The Morgan fingerprint density at radius 2 is 2.12 bits per heavy atom. The zero-order valence-corrected chi connectivity index (χ0v) is 11.7. The van der Waals surface area contributed by atoms with E-state index in [9.17, 15) is 4.39 Å². The molecule has 1 N–H and O–H groups in total. The fourth-order valence-corrected chi connectivity index (χ4v) is 1.92. The molecular formula is C13H19BrFNO. The Hall–Kier alpha value is -0.450. The fourth-order valence-electron chi connectivity index (χ4n) is 1.59. The molecule has 0 aromatic heterocycles. The molecule has 0 atom stereocenters. The molecule has 1 rings (SSSR count). The van der Waals surface area contributed by atoms with E-state index in [1.807, 2.05) is 12.1 Å². The smallest absolute Gasteiger partial charge is 0.127 e. The number of unbranched alkanes of at least 4 members (excludes halogenated alkanes) is 1. The normalized spacial score (nSPS) is 10.8. The number of benzene rings is 1. The van der Waals surface area contributed by atoms with Crippen LogP contribution in [0.15, 0.2) is 22.7 Å². The van der Waals surface area contributed by atoms with Crippen LogP contribution < -0.4 is 5.32 Å². The molecule has 0 bridgehead atoms. The number of hydrogen-bond acceptors (Lipinski definition) is 2. The van der Waals surface area contributed by atoms with Crippen LogP contribution in [0.3, 0.4) is 0 Å². The molecule has 0 radical (unpaired) electrons. The summed E-state index contributed by atoms with van der Waals surface area (Å²) in [6, 6.07) is 5.25. The Bertz CT molecular complexity index is 333. The summed E-state index contributed by atoms with van der Waals surface area (Å²) < 4.78 is 19.2. The first-order valence-corrected chi connectivity index (χ1v) is 6.67. The van der Waals surface area contributed by atoms with Gasteiger partial charge in [-0.05, 0) is 43.5 Å². The second kappa shape index (κ2) is 8.61. The molecular weight excluding hydrogens is 285 g/mol. The van der Waals surface area contributed by atoms with Crippen molar-refractivity contribution in [2.24, 2.45) is 0 Å². The van der Waals surface area contributed by atoms with Gasteiger partial charge in [0.1, 0.15) is 5.82 Å². The fraction of sp³-hybridized carbons (Fsp3) is 0.538. The summed E-state index contributed by atoms with van der Waals surface area (Å²) in [5, 5.41) is 3.27. The van der Waals surface area contributed by atoms with Gasteiger partial charge in [-0.15, -0.1) is 0 Å². The first-order valence-electron chi connectivity index (χ1n) is 5.87. The molecule has 0 amide bonds. The number of nitrogens with one attached hydrogen (secondary N) is 1. The third kappa shape index (κ3) is 6.15. The molecule has 0 fully saturated rings. The van der Waals surface area contributed by atoms with Crippen LogP contribution in [0.5, 0.6) is 0 Å². The summed E-state index contributed by atoms with van der Waals surface area (Å²) in [7, 11) is 1.69. The zero-order chi connectivity index (χ0) is 12.5. The molecule has 4 heteroatoms. The zero-order valence-electron chi connectivity index (χ0n) is 10.1. The minimum absolute atomic E-state index is 0.119. The monoisotopic (exact) mass is 303 g/mol. The summed E-state index contributed by atoms with van der Waals surface area (Å²) in [5.74, 6) is -0.119. The van der Waals surface area contributed by atoms with Gasteiger partial charge in [-0.2, -0.15) is 0 Å². The van der Waals surface area contributed by atoms with Crippen molar-refractivity contribution in [1.29, 1.82) is 0 Å². The molecule has 0 spiro atoms. The maximum atomic E-state index is 13.5. The van der Waals surface area contributed by atoms with Crippen LogP contribution in [0, 0.1) is 5.82 Å². The highest BCUT2D eigenvalue weighted by Crippen LogP contribution is 2.16. The Balaban J connectivity index is 2.14. The van der Waals surface area contributed by atoms with Gasteiger partial charge in [0, 0.05) is 18.1 Å². The minimum Gasteiger partial charge on any atom is -0.383 e. The molecule has 1 aromatic rings. The van der Waals surface area contributed by atoms with Gasteiger partial charge in [-0.3, -0.25) is 0 Å². The largest absolute Gasteiger partial charge is 0.383 e. The molecule has 1 aromatic carbocycles. The van der Waals surface area contributed by atoms with E-state index in [1.54, 1.807) is 7.11 Å². The summed E-state index contributed by atoms with van der Waals surface area (Å²) in [4.78, 5) is 0. The van der Waals surface area contributed by atoms with Crippen LogP contribution in [0.4, 0.5) is 4.39 Å². The summed E-state index contributed by atoms with van der Waals surface area (Å²) in [6.07, 6.45) is 2.85. The first kappa shape index (κ1) is 14.6. The lowest BCUT2D eigenvalue weighted by molar-refractivity contribution is 0.199. The molecule has 0 heterocycles. The molecule has 0 saturated heterocycles. The molecule has 2 nitrogen and oxygen atoms in total. The number of aryl methyl sites for hydroxylation is 1. The minimum atomic E-state index is -0.119. The van der Waals surface area contributed by atoms with Gasteiger partial charge in [0.2, 0.25) is 0 Å². The quantitative estimate of drug-likeness (QED) is 0.745.